The number of methoxy groups -OCH3 is 1. The molecule has 0 bridgehead atoms. The second-order valence-electron chi connectivity index (χ2n) is 3.63. The normalized spacial score (nSPS) is 29.5. The van der Waals surface area contributed by atoms with Gasteiger partial charge in [0.1, 0.15) is 5.60 Å². The summed E-state index contributed by atoms with van der Waals surface area (Å²) in [6.07, 6.45) is 1.32. The molecule has 1 fully saturated rings. The van der Waals surface area contributed by atoms with Crippen LogP contribution in [0.1, 0.15) is 26.7 Å². The van der Waals surface area contributed by atoms with Crippen molar-refractivity contribution in [3.05, 3.63) is 0 Å². The van der Waals surface area contributed by atoms with E-state index in [0.717, 1.165) is 6.42 Å². The number of carbonyl (C=O) groups is 1. The van der Waals surface area contributed by atoms with Crippen molar-refractivity contribution in [2.75, 3.05) is 13.7 Å². The molecular formula is C9H16O3. The lowest BCUT2D eigenvalue weighted by atomic mass is 9.88. The average Bonchev–Trinajstić information content (AvgIpc) is 2.34. The molecule has 0 amide bonds. The minimum atomic E-state index is -0.355. The van der Waals surface area contributed by atoms with E-state index in [1.165, 1.54) is 0 Å². The van der Waals surface area contributed by atoms with E-state index in [2.05, 4.69) is 13.8 Å². The zero-order valence-electron chi connectivity index (χ0n) is 7.92. The maximum absolute atomic E-state index is 11.0. The van der Waals surface area contributed by atoms with Crippen LogP contribution in [0.5, 0.6) is 0 Å². The van der Waals surface area contributed by atoms with Crippen molar-refractivity contribution >= 4 is 5.97 Å². The zero-order chi connectivity index (χ0) is 9.19. The van der Waals surface area contributed by atoms with Crippen molar-refractivity contribution in [1.29, 1.82) is 0 Å². The average molecular weight is 172 g/mol. The van der Waals surface area contributed by atoms with E-state index >= 15 is 0 Å². The SMILES string of the molecule is COCC1(C(C)C)CCC(=O)O1. The van der Waals surface area contributed by atoms with Gasteiger partial charge in [-0.25, -0.2) is 0 Å². The number of rotatable bonds is 3. The molecule has 1 unspecified atom stereocenters. The van der Waals surface area contributed by atoms with Crippen LogP contribution in [0.15, 0.2) is 0 Å². The van der Waals surface area contributed by atoms with Crippen molar-refractivity contribution in [2.45, 2.75) is 32.3 Å². The largest absolute Gasteiger partial charge is 0.456 e. The summed E-state index contributed by atoms with van der Waals surface area (Å²) >= 11 is 0. The molecule has 1 aliphatic rings. The number of ether oxygens (including phenoxy) is 2. The second-order valence-corrected chi connectivity index (χ2v) is 3.63. The second kappa shape index (κ2) is 3.44. The summed E-state index contributed by atoms with van der Waals surface area (Å²) in [5.74, 6) is 0.227. The van der Waals surface area contributed by atoms with Crippen molar-refractivity contribution < 1.29 is 14.3 Å². The Labute approximate surface area is 73.0 Å². The predicted octanol–water partition coefficient (Wildman–Crippen LogP) is 1.36. The van der Waals surface area contributed by atoms with Gasteiger partial charge < -0.3 is 9.47 Å². The number of esters is 1. The van der Waals surface area contributed by atoms with E-state index in [4.69, 9.17) is 9.47 Å². The molecule has 0 aromatic rings. The third-order valence-electron chi connectivity index (χ3n) is 2.51. The Morgan fingerprint density at radius 2 is 2.33 bits per heavy atom. The first-order valence-corrected chi connectivity index (χ1v) is 4.31. The first-order valence-electron chi connectivity index (χ1n) is 4.31. The Bertz CT molecular complexity index is 177. The molecule has 1 saturated heterocycles. The quantitative estimate of drug-likeness (QED) is 0.603. The maximum atomic E-state index is 11.0. The smallest absolute Gasteiger partial charge is 0.306 e. The van der Waals surface area contributed by atoms with Gasteiger partial charge in [-0.05, 0) is 5.92 Å². The fourth-order valence-electron chi connectivity index (χ4n) is 1.56. The van der Waals surface area contributed by atoms with Crippen LogP contribution in [0.4, 0.5) is 0 Å². The molecule has 0 radical (unpaired) electrons. The summed E-state index contributed by atoms with van der Waals surface area (Å²) in [4.78, 5) is 11.0. The first-order chi connectivity index (χ1) is 5.60. The molecular weight excluding hydrogens is 156 g/mol. The van der Waals surface area contributed by atoms with Gasteiger partial charge in [0.05, 0.1) is 6.61 Å². The van der Waals surface area contributed by atoms with Gasteiger partial charge in [0.25, 0.3) is 0 Å². The molecule has 0 saturated carbocycles. The van der Waals surface area contributed by atoms with Gasteiger partial charge >= 0.3 is 5.97 Å². The van der Waals surface area contributed by atoms with Gasteiger partial charge in [0.15, 0.2) is 0 Å². The van der Waals surface area contributed by atoms with Crippen molar-refractivity contribution in [3.8, 4) is 0 Å². The molecule has 0 N–H and O–H groups in total. The maximum Gasteiger partial charge on any atom is 0.306 e. The van der Waals surface area contributed by atoms with Gasteiger partial charge in [-0.2, -0.15) is 0 Å². The third-order valence-corrected chi connectivity index (χ3v) is 2.51. The topological polar surface area (TPSA) is 35.5 Å². The van der Waals surface area contributed by atoms with E-state index < -0.39 is 0 Å². The number of carbonyl (C=O) groups excluding carboxylic acids is 1. The monoisotopic (exact) mass is 172 g/mol. The third kappa shape index (κ3) is 1.61. The Morgan fingerprint density at radius 3 is 2.67 bits per heavy atom. The molecule has 1 aliphatic heterocycles. The van der Waals surface area contributed by atoms with E-state index in [1.54, 1.807) is 7.11 Å². The van der Waals surface area contributed by atoms with E-state index in [1.807, 2.05) is 0 Å². The van der Waals surface area contributed by atoms with Crippen LogP contribution >= 0.6 is 0 Å². The van der Waals surface area contributed by atoms with Crippen molar-refractivity contribution in [1.82, 2.24) is 0 Å². The summed E-state index contributed by atoms with van der Waals surface area (Å²) in [6.45, 7) is 4.62. The van der Waals surface area contributed by atoms with Crippen LogP contribution in [-0.4, -0.2) is 25.3 Å². The number of cyclic esters (lactones) is 1. The Hall–Kier alpha value is -0.570. The van der Waals surface area contributed by atoms with E-state index in [0.29, 0.717) is 18.9 Å². The summed E-state index contributed by atoms with van der Waals surface area (Å²) in [6, 6.07) is 0. The van der Waals surface area contributed by atoms with Gasteiger partial charge in [-0.15, -0.1) is 0 Å². The molecule has 0 aromatic carbocycles. The van der Waals surface area contributed by atoms with Crippen LogP contribution < -0.4 is 0 Å². The zero-order valence-corrected chi connectivity index (χ0v) is 7.92. The van der Waals surface area contributed by atoms with E-state index in [-0.39, 0.29) is 11.6 Å². The summed E-state index contributed by atoms with van der Waals surface area (Å²) in [5.41, 5.74) is -0.355. The molecule has 0 aromatic heterocycles. The molecule has 3 heteroatoms. The first kappa shape index (κ1) is 9.52. The van der Waals surface area contributed by atoms with Gasteiger partial charge in [-0.3, -0.25) is 4.79 Å². The molecule has 1 atom stereocenters. The minimum absolute atomic E-state index is 0.0965. The minimum Gasteiger partial charge on any atom is -0.456 e. The van der Waals surface area contributed by atoms with Gasteiger partial charge in [0.2, 0.25) is 0 Å². The van der Waals surface area contributed by atoms with Gasteiger partial charge in [0, 0.05) is 20.0 Å². The lowest BCUT2D eigenvalue weighted by Gasteiger charge is -2.30. The number of hydrogen-bond acceptors (Lipinski definition) is 3. The predicted molar refractivity (Wildman–Crippen MR) is 44.8 cm³/mol. The summed E-state index contributed by atoms with van der Waals surface area (Å²) in [5, 5.41) is 0. The van der Waals surface area contributed by atoms with Crippen LogP contribution in [0.3, 0.4) is 0 Å². The molecule has 0 spiro atoms. The summed E-state index contributed by atoms with van der Waals surface area (Å²) < 4.78 is 10.3. The lowest BCUT2D eigenvalue weighted by Crippen LogP contribution is -2.39. The number of hydrogen-bond donors (Lipinski definition) is 0. The molecule has 0 aliphatic carbocycles. The summed E-state index contributed by atoms with van der Waals surface area (Å²) in [7, 11) is 1.64. The highest BCUT2D eigenvalue weighted by Crippen LogP contribution is 2.33. The molecule has 70 valence electrons. The Balaban J connectivity index is 2.67. The van der Waals surface area contributed by atoms with Crippen molar-refractivity contribution in [3.63, 3.8) is 0 Å². The highest BCUT2D eigenvalue weighted by atomic mass is 16.6. The highest BCUT2D eigenvalue weighted by molar-refractivity contribution is 5.72. The Morgan fingerprint density at radius 1 is 1.67 bits per heavy atom. The molecule has 3 nitrogen and oxygen atoms in total. The van der Waals surface area contributed by atoms with Crippen LogP contribution in [0.25, 0.3) is 0 Å². The van der Waals surface area contributed by atoms with Gasteiger partial charge in [-0.1, -0.05) is 13.8 Å². The van der Waals surface area contributed by atoms with Crippen molar-refractivity contribution in [2.24, 2.45) is 5.92 Å². The van der Waals surface area contributed by atoms with Crippen LogP contribution in [-0.2, 0) is 14.3 Å². The molecule has 1 heterocycles. The Kier molecular flexibility index (Phi) is 2.73. The standard InChI is InChI=1S/C9H16O3/c1-7(2)9(6-11-3)5-4-8(10)12-9/h7H,4-6H2,1-3H3. The molecule has 1 rings (SSSR count). The highest BCUT2D eigenvalue weighted by Gasteiger charge is 2.43. The lowest BCUT2D eigenvalue weighted by molar-refractivity contribution is -0.157. The van der Waals surface area contributed by atoms with E-state index in [9.17, 15) is 4.79 Å². The van der Waals surface area contributed by atoms with Crippen LogP contribution in [0.2, 0.25) is 0 Å². The fraction of sp³-hybridized carbons (Fsp3) is 0.889. The molecule has 12 heavy (non-hydrogen) atoms. The van der Waals surface area contributed by atoms with Crippen LogP contribution in [0, 0.1) is 5.92 Å². The fourth-order valence-corrected chi connectivity index (χ4v) is 1.56.